The van der Waals surface area contributed by atoms with Gasteiger partial charge in [-0.05, 0) is 25.5 Å². The molecule has 20 heavy (non-hydrogen) atoms. The van der Waals surface area contributed by atoms with Crippen molar-refractivity contribution >= 4 is 22.7 Å². The summed E-state index contributed by atoms with van der Waals surface area (Å²) in [6.07, 6.45) is 6.14. The molecule has 0 saturated carbocycles. The third kappa shape index (κ3) is 13.9. The number of thiol groups is 1. The number of hydrogen-bond acceptors (Lipinski definition) is 3. The van der Waals surface area contributed by atoms with Crippen LogP contribution in [0.5, 0.6) is 0 Å². The first-order valence-corrected chi connectivity index (χ1v) is 9.11. The van der Waals surface area contributed by atoms with Crippen LogP contribution in [0.3, 0.4) is 0 Å². The van der Waals surface area contributed by atoms with Gasteiger partial charge in [0.1, 0.15) is 0 Å². The second-order valence-corrected chi connectivity index (χ2v) is 6.98. The zero-order chi connectivity index (χ0) is 15.4. The van der Waals surface area contributed by atoms with Crippen molar-refractivity contribution in [3.05, 3.63) is 29.8 Å². The van der Waals surface area contributed by atoms with E-state index in [2.05, 4.69) is 26.5 Å². The molecular formula is C15H26O3S2. The molecule has 1 rings (SSSR count). The van der Waals surface area contributed by atoms with Gasteiger partial charge in [0.15, 0.2) is 0 Å². The van der Waals surface area contributed by atoms with Gasteiger partial charge in [0.05, 0.1) is 5.75 Å². The minimum Gasteiger partial charge on any atom is -0.286 e. The van der Waals surface area contributed by atoms with Gasteiger partial charge in [-0.2, -0.15) is 8.42 Å². The van der Waals surface area contributed by atoms with Gasteiger partial charge in [0, 0.05) is 4.90 Å². The SMILES string of the molecule is CCCCCCCCS(=O)(=O)O.Cc1ccc(S)cc1. The maximum Gasteiger partial charge on any atom is 0.264 e. The third-order valence-corrected chi connectivity index (χ3v) is 3.89. The maximum absolute atomic E-state index is 10.3. The van der Waals surface area contributed by atoms with Gasteiger partial charge in [-0.1, -0.05) is 56.7 Å². The van der Waals surface area contributed by atoms with E-state index in [0.717, 1.165) is 17.7 Å². The topological polar surface area (TPSA) is 54.4 Å². The molecule has 0 heterocycles. The van der Waals surface area contributed by atoms with Crippen LogP contribution in [0.1, 0.15) is 51.0 Å². The largest absolute Gasteiger partial charge is 0.286 e. The van der Waals surface area contributed by atoms with Crippen molar-refractivity contribution < 1.29 is 13.0 Å². The molecule has 0 bridgehead atoms. The molecule has 5 heteroatoms. The Kier molecular flexibility index (Phi) is 10.9. The van der Waals surface area contributed by atoms with Gasteiger partial charge >= 0.3 is 0 Å². The second kappa shape index (κ2) is 11.2. The first-order chi connectivity index (χ1) is 9.35. The highest BCUT2D eigenvalue weighted by Gasteiger charge is 2.02. The molecular weight excluding hydrogens is 292 g/mol. The van der Waals surface area contributed by atoms with E-state index >= 15 is 0 Å². The molecule has 116 valence electrons. The highest BCUT2D eigenvalue weighted by Crippen LogP contribution is 2.06. The number of hydrogen-bond donors (Lipinski definition) is 2. The summed E-state index contributed by atoms with van der Waals surface area (Å²) >= 11 is 4.13. The van der Waals surface area contributed by atoms with E-state index in [1.165, 1.54) is 24.8 Å². The van der Waals surface area contributed by atoms with Gasteiger partial charge in [0.25, 0.3) is 10.1 Å². The monoisotopic (exact) mass is 318 g/mol. The third-order valence-electron chi connectivity index (χ3n) is 2.79. The summed E-state index contributed by atoms with van der Waals surface area (Å²) in [7, 11) is -3.72. The van der Waals surface area contributed by atoms with Crippen molar-refractivity contribution in [3.8, 4) is 0 Å². The summed E-state index contributed by atoms with van der Waals surface area (Å²) in [4.78, 5) is 1.02. The standard InChI is InChI=1S/C8H18O3S.C7H8S/c1-2-3-4-5-6-7-8-12(9,10)11;1-6-2-4-7(8)5-3-6/h2-8H2,1H3,(H,9,10,11);2-5,8H,1H3. The number of aryl methyl sites for hydroxylation is 1. The van der Waals surface area contributed by atoms with Crippen LogP contribution in [0.25, 0.3) is 0 Å². The lowest BCUT2D eigenvalue weighted by Gasteiger charge is -1.98. The Hall–Kier alpha value is -0.520. The highest BCUT2D eigenvalue weighted by atomic mass is 32.2. The Labute approximate surface area is 129 Å². The Morgan fingerprint density at radius 2 is 1.50 bits per heavy atom. The van der Waals surface area contributed by atoms with Crippen molar-refractivity contribution in [2.75, 3.05) is 5.75 Å². The van der Waals surface area contributed by atoms with E-state index in [1.807, 2.05) is 24.3 Å². The van der Waals surface area contributed by atoms with Crippen LogP contribution in [-0.4, -0.2) is 18.7 Å². The lowest BCUT2D eigenvalue weighted by atomic mass is 10.1. The number of benzene rings is 1. The van der Waals surface area contributed by atoms with E-state index in [0.29, 0.717) is 6.42 Å². The zero-order valence-electron chi connectivity index (χ0n) is 12.4. The first kappa shape index (κ1) is 19.5. The molecule has 1 aromatic rings. The van der Waals surface area contributed by atoms with Crippen LogP contribution in [0.2, 0.25) is 0 Å². The summed E-state index contributed by atoms with van der Waals surface area (Å²) in [5.41, 5.74) is 1.28. The van der Waals surface area contributed by atoms with E-state index in [1.54, 1.807) is 0 Å². The fraction of sp³-hybridized carbons (Fsp3) is 0.600. The normalized spacial score (nSPS) is 10.8. The molecule has 3 nitrogen and oxygen atoms in total. The van der Waals surface area contributed by atoms with Gasteiger partial charge in [0.2, 0.25) is 0 Å². The van der Waals surface area contributed by atoms with Gasteiger partial charge in [-0.15, -0.1) is 12.6 Å². The maximum atomic E-state index is 10.3. The summed E-state index contributed by atoms with van der Waals surface area (Å²) < 4.78 is 28.9. The molecule has 0 radical (unpaired) electrons. The molecule has 0 aliphatic rings. The summed E-state index contributed by atoms with van der Waals surface area (Å²) in [5.74, 6) is -0.0842. The van der Waals surface area contributed by atoms with Crippen molar-refractivity contribution in [3.63, 3.8) is 0 Å². The quantitative estimate of drug-likeness (QED) is 0.441. The van der Waals surface area contributed by atoms with Crippen LogP contribution < -0.4 is 0 Å². The fourth-order valence-electron chi connectivity index (χ4n) is 1.61. The molecule has 0 aromatic heterocycles. The van der Waals surface area contributed by atoms with Gasteiger partial charge in [-0.25, -0.2) is 0 Å². The summed E-state index contributed by atoms with van der Waals surface area (Å²) in [5, 5.41) is 0. The molecule has 0 amide bonds. The average molecular weight is 319 g/mol. The Balaban J connectivity index is 0.000000388. The highest BCUT2D eigenvalue weighted by molar-refractivity contribution is 7.85. The van der Waals surface area contributed by atoms with E-state index in [-0.39, 0.29) is 5.75 Å². The Morgan fingerprint density at radius 1 is 1.00 bits per heavy atom. The minimum absolute atomic E-state index is 0.0842. The zero-order valence-corrected chi connectivity index (χ0v) is 14.1. The lowest BCUT2D eigenvalue weighted by molar-refractivity contribution is 0.478. The van der Waals surface area contributed by atoms with Crippen LogP contribution >= 0.6 is 12.6 Å². The van der Waals surface area contributed by atoms with Crippen molar-refractivity contribution in [1.82, 2.24) is 0 Å². The Bertz CT molecular complexity index is 418. The second-order valence-electron chi connectivity index (χ2n) is 4.89. The lowest BCUT2D eigenvalue weighted by Crippen LogP contribution is -2.03. The van der Waals surface area contributed by atoms with Gasteiger partial charge in [-0.3, -0.25) is 4.55 Å². The van der Waals surface area contributed by atoms with Crippen molar-refractivity contribution in [2.24, 2.45) is 0 Å². The van der Waals surface area contributed by atoms with Crippen molar-refractivity contribution in [2.45, 2.75) is 57.3 Å². The molecule has 0 aliphatic carbocycles. The molecule has 0 spiro atoms. The van der Waals surface area contributed by atoms with E-state index in [4.69, 9.17) is 4.55 Å². The van der Waals surface area contributed by atoms with Crippen LogP contribution in [0.4, 0.5) is 0 Å². The molecule has 0 saturated heterocycles. The Morgan fingerprint density at radius 3 is 1.95 bits per heavy atom. The van der Waals surface area contributed by atoms with E-state index < -0.39 is 10.1 Å². The first-order valence-electron chi connectivity index (χ1n) is 7.06. The molecule has 0 unspecified atom stereocenters. The van der Waals surface area contributed by atoms with Crippen LogP contribution in [0.15, 0.2) is 29.2 Å². The molecule has 1 N–H and O–H groups in total. The minimum atomic E-state index is -3.72. The molecule has 1 aromatic carbocycles. The number of unbranched alkanes of at least 4 members (excludes halogenated alkanes) is 5. The van der Waals surface area contributed by atoms with Crippen molar-refractivity contribution in [1.29, 1.82) is 0 Å². The average Bonchev–Trinajstić information content (AvgIpc) is 2.37. The van der Waals surface area contributed by atoms with Crippen LogP contribution in [-0.2, 0) is 10.1 Å². The summed E-state index contributed by atoms with van der Waals surface area (Å²) in [6, 6.07) is 8.06. The molecule has 0 atom stereocenters. The van der Waals surface area contributed by atoms with Gasteiger partial charge < -0.3 is 0 Å². The summed E-state index contributed by atoms with van der Waals surface area (Å²) in [6.45, 7) is 4.20. The number of rotatable bonds is 7. The molecule has 0 fully saturated rings. The van der Waals surface area contributed by atoms with E-state index in [9.17, 15) is 8.42 Å². The predicted molar refractivity (Wildman–Crippen MR) is 88.2 cm³/mol. The smallest absolute Gasteiger partial charge is 0.264 e. The fourth-order valence-corrected chi connectivity index (χ4v) is 2.33. The predicted octanol–water partition coefficient (Wildman–Crippen LogP) is 4.52. The molecule has 0 aliphatic heterocycles. The van der Waals surface area contributed by atoms with Crippen LogP contribution in [0, 0.1) is 6.92 Å².